The van der Waals surface area contributed by atoms with Crippen LogP contribution in [0.25, 0.3) is 120 Å². The number of fused-ring (bicyclic) bond motifs is 10. The van der Waals surface area contributed by atoms with E-state index in [1.807, 2.05) is 41.7 Å². The SMILES string of the molecule is c1ccc(-c2nc(-c3cc4ccccc4c4ccccc34)nc(-c3cccc4oc5c(-c6cccc7sc8cc9ccccc9cc8c67)cccc5c34)n2)cc1. The highest BCUT2D eigenvalue weighted by Gasteiger charge is 2.22. The van der Waals surface area contributed by atoms with Crippen LogP contribution in [0.2, 0.25) is 0 Å². The summed E-state index contributed by atoms with van der Waals surface area (Å²) in [7, 11) is 0. The van der Waals surface area contributed by atoms with Gasteiger partial charge >= 0.3 is 0 Å². The fraction of sp³-hybridized carbons (Fsp3) is 0. The fourth-order valence-electron chi connectivity index (χ4n) is 8.55. The molecule has 0 amide bonds. The standard InChI is InChI=1S/C51H29N3OS/c1-2-13-30(14-3-1)49-52-50(54-51(53-49)41-28-33-17-6-7-18-34(33)35-19-8-9-20-36(35)41)40-24-11-25-43-46(40)39-23-10-22-38(48(39)55-43)37-21-12-26-44-47(37)42-27-31-15-4-5-16-32(31)29-45(42)56-44/h1-29H. The summed E-state index contributed by atoms with van der Waals surface area (Å²) in [6.07, 6.45) is 0. The Morgan fingerprint density at radius 2 is 0.982 bits per heavy atom. The van der Waals surface area contributed by atoms with Gasteiger partial charge in [-0.05, 0) is 68.2 Å². The first kappa shape index (κ1) is 31.2. The third-order valence-corrected chi connectivity index (χ3v) is 12.2. The van der Waals surface area contributed by atoms with E-state index in [0.29, 0.717) is 17.5 Å². The largest absolute Gasteiger partial charge is 0.455 e. The zero-order valence-corrected chi connectivity index (χ0v) is 30.7. The Hall–Kier alpha value is -7.21. The molecule has 0 unspecified atom stereocenters. The maximum absolute atomic E-state index is 6.88. The third-order valence-electron chi connectivity index (χ3n) is 11.1. The van der Waals surface area contributed by atoms with Crippen molar-refractivity contribution in [2.24, 2.45) is 0 Å². The van der Waals surface area contributed by atoms with E-state index in [2.05, 4.69) is 146 Å². The molecule has 0 atom stereocenters. The summed E-state index contributed by atoms with van der Waals surface area (Å²) in [5.74, 6) is 1.85. The van der Waals surface area contributed by atoms with E-state index >= 15 is 0 Å². The first-order valence-corrected chi connectivity index (χ1v) is 19.6. The topological polar surface area (TPSA) is 51.8 Å². The Morgan fingerprint density at radius 3 is 1.84 bits per heavy atom. The molecule has 56 heavy (non-hydrogen) atoms. The lowest BCUT2D eigenvalue weighted by atomic mass is 9.96. The minimum absolute atomic E-state index is 0.600. The molecular formula is C51H29N3OS. The van der Waals surface area contributed by atoms with E-state index < -0.39 is 0 Å². The third kappa shape index (κ3) is 4.75. The highest BCUT2D eigenvalue weighted by atomic mass is 32.1. The summed E-state index contributed by atoms with van der Waals surface area (Å²) in [5.41, 5.74) is 6.65. The molecule has 3 heterocycles. The van der Waals surface area contributed by atoms with Crippen molar-refractivity contribution in [3.05, 3.63) is 176 Å². The molecule has 5 heteroatoms. The van der Waals surface area contributed by atoms with Crippen LogP contribution in [-0.4, -0.2) is 15.0 Å². The molecule has 0 saturated heterocycles. The van der Waals surface area contributed by atoms with Crippen molar-refractivity contribution in [2.45, 2.75) is 0 Å². The minimum Gasteiger partial charge on any atom is -0.455 e. The number of furan rings is 1. The predicted molar refractivity (Wildman–Crippen MR) is 234 cm³/mol. The molecule has 0 N–H and O–H groups in total. The number of aromatic nitrogens is 3. The Kier molecular flexibility index (Phi) is 6.76. The van der Waals surface area contributed by atoms with Crippen LogP contribution in [0, 0.1) is 0 Å². The highest BCUT2D eigenvalue weighted by Crippen LogP contribution is 2.46. The van der Waals surface area contributed by atoms with Gasteiger partial charge in [-0.2, -0.15) is 0 Å². The lowest BCUT2D eigenvalue weighted by molar-refractivity contribution is 0.670. The van der Waals surface area contributed by atoms with Gasteiger partial charge in [0.1, 0.15) is 11.2 Å². The molecule has 4 nitrogen and oxygen atoms in total. The van der Waals surface area contributed by atoms with Crippen molar-refractivity contribution in [3.8, 4) is 45.3 Å². The van der Waals surface area contributed by atoms with Gasteiger partial charge in [0.05, 0.1) is 0 Å². The van der Waals surface area contributed by atoms with E-state index in [-0.39, 0.29) is 0 Å². The normalized spacial score (nSPS) is 11.9. The van der Waals surface area contributed by atoms with Crippen LogP contribution in [0.15, 0.2) is 180 Å². The lowest BCUT2D eigenvalue weighted by Crippen LogP contribution is -2.01. The van der Waals surface area contributed by atoms with Crippen LogP contribution in [-0.2, 0) is 0 Å². The number of benzene rings is 9. The van der Waals surface area contributed by atoms with Crippen molar-refractivity contribution in [1.82, 2.24) is 15.0 Å². The minimum atomic E-state index is 0.600. The van der Waals surface area contributed by atoms with Crippen LogP contribution >= 0.6 is 11.3 Å². The molecule has 0 radical (unpaired) electrons. The summed E-state index contributed by atoms with van der Waals surface area (Å²) < 4.78 is 9.42. The number of hydrogen-bond acceptors (Lipinski definition) is 5. The van der Waals surface area contributed by atoms with Gasteiger partial charge in [-0.1, -0.05) is 146 Å². The van der Waals surface area contributed by atoms with Crippen molar-refractivity contribution in [2.75, 3.05) is 0 Å². The van der Waals surface area contributed by atoms with Crippen LogP contribution in [0.1, 0.15) is 0 Å². The summed E-state index contributed by atoms with van der Waals surface area (Å²) >= 11 is 1.84. The smallest absolute Gasteiger partial charge is 0.164 e. The van der Waals surface area contributed by atoms with Crippen LogP contribution < -0.4 is 0 Å². The van der Waals surface area contributed by atoms with Crippen molar-refractivity contribution >= 4 is 85.8 Å². The van der Waals surface area contributed by atoms with Gasteiger partial charge in [-0.25, -0.2) is 15.0 Å². The summed E-state index contributed by atoms with van der Waals surface area (Å²) in [6.45, 7) is 0. The highest BCUT2D eigenvalue weighted by molar-refractivity contribution is 7.26. The van der Waals surface area contributed by atoms with E-state index in [1.54, 1.807) is 0 Å². The molecule has 0 aliphatic carbocycles. The average Bonchev–Trinajstić information content (AvgIpc) is 3.83. The summed E-state index contributed by atoms with van der Waals surface area (Å²) in [4.78, 5) is 15.7. The second-order valence-corrected chi connectivity index (χ2v) is 15.4. The Morgan fingerprint density at radius 1 is 0.357 bits per heavy atom. The first-order chi connectivity index (χ1) is 27.7. The second-order valence-electron chi connectivity index (χ2n) is 14.3. The maximum Gasteiger partial charge on any atom is 0.164 e. The Balaban J connectivity index is 1.11. The van der Waals surface area contributed by atoms with Crippen molar-refractivity contribution in [3.63, 3.8) is 0 Å². The number of thiophene rings is 1. The van der Waals surface area contributed by atoms with Gasteiger partial charge in [0.25, 0.3) is 0 Å². The molecule has 3 aromatic heterocycles. The maximum atomic E-state index is 6.88. The van der Waals surface area contributed by atoms with E-state index in [1.165, 1.54) is 41.7 Å². The Labute approximate surface area is 325 Å². The van der Waals surface area contributed by atoms with E-state index in [0.717, 1.165) is 60.5 Å². The van der Waals surface area contributed by atoms with Crippen LogP contribution in [0.4, 0.5) is 0 Å². The number of nitrogens with zero attached hydrogens (tertiary/aromatic N) is 3. The first-order valence-electron chi connectivity index (χ1n) is 18.8. The van der Waals surface area contributed by atoms with Crippen molar-refractivity contribution in [1.29, 1.82) is 0 Å². The van der Waals surface area contributed by atoms with Crippen LogP contribution in [0.5, 0.6) is 0 Å². The summed E-state index contributed by atoms with van der Waals surface area (Å²) in [6, 6.07) is 62.0. The average molecular weight is 732 g/mol. The van der Waals surface area contributed by atoms with Gasteiger partial charge in [-0.15, -0.1) is 11.3 Å². The van der Waals surface area contributed by atoms with E-state index in [9.17, 15) is 0 Å². The fourth-order valence-corrected chi connectivity index (χ4v) is 9.72. The molecule has 0 bridgehead atoms. The summed E-state index contributed by atoms with van der Waals surface area (Å²) in [5, 5.41) is 11.6. The van der Waals surface area contributed by atoms with Gasteiger partial charge in [0.2, 0.25) is 0 Å². The zero-order chi connectivity index (χ0) is 36.7. The molecule has 12 aromatic rings. The Bertz CT molecular complexity index is 3550. The van der Waals surface area contributed by atoms with Gasteiger partial charge in [-0.3, -0.25) is 0 Å². The molecule has 0 aliphatic heterocycles. The molecule has 9 aromatic carbocycles. The van der Waals surface area contributed by atoms with E-state index in [4.69, 9.17) is 19.4 Å². The molecule has 0 fully saturated rings. The molecular weight excluding hydrogens is 703 g/mol. The number of para-hydroxylation sites is 1. The van der Waals surface area contributed by atoms with Gasteiger partial charge < -0.3 is 4.42 Å². The number of rotatable bonds is 4. The molecule has 0 aliphatic rings. The van der Waals surface area contributed by atoms with Gasteiger partial charge in [0, 0.05) is 53.2 Å². The van der Waals surface area contributed by atoms with Crippen LogP contribution in [0.3, 0.4) is 0 Å². The molecule has 260 valence electrons. The zero-order valence-electron chi connectivity index (χ0n) is 29.9. The predicted octanol–water partition coefficient (Wildman–Crippen LogP) is 14.3. The van der Waals surface area contributed by atoms with Gasteiger partial charge in [0.15, 0.2) is 17.5 Å². The molecule has 0 spiro atoms. The second kappa shape index (κ2) is 12.2. The molecule has 12 rings (SSSR count). The van der Waals surface area contributed by atoms with Crippen molar-refractivity contribution < 1.29 is 4.42 Å². The number of hydrogen-bond donors (Lipinski definition) is 0. The monoisotopic (exact) mass is 731 g/mol. The quantitative estimate of drug-likeness (QED) is 0.169. The molecule has 0 saturated carbocycles. The lowest BCUT2D eigenvalue weighted by Gasteiger charge is -2.12.